The molecule has 3 heteroatoms. The van der Waals surface area contributed by atoms with E-state index in [-0.39, 0.29) is 11.7 Å². The lowest BCUT2D eigenvalue weighted by atomic mass is 9.84. The second kappa shape index (κ2) is 8.44. The minimum Gasteiger partial charge on any atom is -0.444 e. The minimum absolute atomic E-state index is 0.153. The molecule has 0 aromatic rings. The van der Waals surface area contributed by atoms with Gasteiger partial charge in [-0.05, 0) is 45.4 Å². The summed E-state index contributed by atoms with van der Waals surface area (Å²) in [5.74, 6) is 1.55. The molecule has 19 heavy (non-hydrogen) atoms. The van der Waals surface area contributed by atoms with Crippen LogP contribution in [-0.2, 0) is 4.74 Å². The summed E-state index contributed by atoms with van der Waals surface area (Å²) in [5.41, 5.74) is -0.384. The second-order valence-electron chi connectivity index (χ2n) is 6.19. The van der Waals surface area contributed by atoms with E-state index in [4.69, 9.17) is 4.74 Å². The maximum atomic E-state index is 11.9. The van der Waals surface area contributed by atoms with Crippen LogP contribution >= 0.6 is 0 Å². The first kappa shape index (κ1) is 18.3. The normalized spacial score (nSPS) is 18.4. The number of piperidine rings is 1. The van der Waals surface area contributed by atoms with Crippen LogP contribution in [0.25, 0.3) is 0 Å². The van der Waals surface area contributed by atoms with Crippen LogP contribution in [0.4, 0.5) is 4.79 Å². The highest BCUT2D eigenvalue weighted by molar-refractivity contribution is 5.68. The molecule has 0 N–H and O–H groups in total. The number of rotatable bonds is 2. The first-order chi connectivity index (χ1) is 8.83. The molecule has 114 valence electrons. The van der Waals surface area contributed by atoms with Crippen LogP contribution in [0.3, 0.4) is 0 Å². The summed E-state index contributed by atoms with van der Waals surface area (Å²) in [6, 6.07) is 0. The minimum atomic E-state index is -0.384. The third-order valence-corrected chi connectivity index (χ3v) is 3.64. The molecule has 0 bridgehead atoms. The first-order valence-electron chi connectivity index (χ1n) is 7.81. The summed E-state index contributed by atoms with van der Waals surface area (Å²) >= 11 is 0. The van der Waals surface area contributed by atoms with Gasteiger partial charge in [-0.15, -0.1) is 0 Å². The van der Waals surface area contributed by atoms with Crippen LogP contribution in [0, 0.1) is 11.8 Å². The van der Waals surface area contributed by atoms with E-state index in [0.29, 0.717) is 0 Å². The molecule has 0 unspecified atom stereocenters. The number of carbonyl (C=O) groups is 1. The van der Waals surface area contributed by atoms with E-state index in [9.17, 15) is 4.79 Å². The van der Waals surface area contributed by atoms with Gasteiger partial charge in [0.25, 0.3) is 0 Å². The Morgan fingerprint density at radius 2 is 1.74 bits per heavy atom. The topological polar surface area (TPSA) is 29.5 Å². The summed E-state index contributed by atoms with van der Waals surface area (Å²) in [6.45, 7) is 16.0. The maximum Gasteiger partial charge on any atom is 0.410 e. The highest BCUT2D eigenvalue weighted by Gasteiger charge is 2.28. The zero-order chi connectivity index (χ0) is 15.1. The highest BCUT2D eigenvalue weighted by Crippen LogP contribution is 2.27. The number of carbonyl (C=O) groups excluding carboxylic acids is 1. The van der Waals surface area contributed by atoms with E-state index in [1.54, 1.807) is 0 Å². The molecular formula is C16H33NO2. The summed E-state index contributed by atoms with van der Waals surface area (Å²) in [5, 5.41) is 0. The quantitative estimate of drug-likeness (QED) is 0.728. The van der Waals surface area contributed by atoms with Gasteiger partial charge in [-0.2, -0.15) is 0 Å². The van der Waals surface area contributed by atoms with Crippen molar-refractivity contribution in [2.24, 2.45) is 11.8 Å². The van der Waals surface area contributed by atoms with E-state index in [1.807, 2.05) is 39.5 Å². The van der Waals surface area contributed by atoms with E-state index in [1.165, 1.54) is 6.42 Å². The highest BCUT2D eigenvalue weighted by atomic mass is 16.6. The van der Waals surface area contributed by atoms with Gasteiger partial charge in [0, 0.05) is 13.1 Å². The number of hydrogen-bond acceptors (Lipinski definition) is 2. The largest absolute Gasteiger partial charge is 0.444 e. The van der Waals surface area contributed by atoms with Gasteiger partial charge in [-0.3, -0.25) is 0 Å². The third kappa shape index (κ3) is 6.84. The SMILES string of the molecule is CC.CC[C@@H](C)C1CCN(C(=O)OC(C)(C)C)CC1. The Hall–Kier alpha value is -0.730. The average Bonchev–Trinajstić information content (AvgIpc) is 2.38. The van der Waals surface area contributed by atoms with Gasteiger partial charge in [0.15, 0.2) is 0 Å². The number of amides is 1. The predicted octanol–water partition coefficient (Wildman–Crippen LogP) is 4.71. The van der Waals surface area contributed by atoms with Crippen molar-refractivity contribution >= 4 is 6.09 Å². The number of likely N-dealkylation sites (tertiary alicyclic amines) is 1. The van der Waals surface area contributed by atoms with Crippen LogP contribution in [0.15, 0.2) is 0 Å². The predicted molar refractivity (Wildman–Crippen MR) is 81.3 cm³/mol. The van der Waals surface area contributed by atoms with Crippen LogP contribution in [0.2, 0.25) is 0 Å². The first-order valence-corrected chi connectivity index (χ1v) is 7.81. The van der Waals surface area contributed by atoms with Crippen LogP contribution in [0.5, 0.6) is 0 Å². The smallest absolute Gasteiger partial charge is 0.410 e. The standard InChI is InChI=1S/C14H27NO2.C2H6/c1-6-11(2)12-7-9-15(10-8-12)13(16)17-14(3,4)5;1-2/h11-12H,6-10H2,1-5H3;1-2H3/t11-;/m1./s1. The summed E-state index contributed by atoms with van der Waals surface area (Å²) < 4.78 is 5.39. The Morgan fingerprint density at radius 1 is 1.26 bits per heavy atom. The fourth-order valence-electron chi connectivity index (χ4n) is 2.31. The molecule has 0 aromatic heterocycles. The summed E-state index contributed by atoms with van der Waals surface area (Å²) in [4.78, 5) is 13.7. The lowest BCUT2D eigenvalue weighted by Gasteiger charge is -2.35. The average molecular weight is 271 g/mol. The lowest BCUT2D eigenvalue weighted by Crippen LogP contribution is -2.42. The number of ether oxygens (including phenoxy) is 1. The molecule has 1 heterocycles. The fraction of sp³-hybridized carbons (Fsp3) is 0.938. The lowest BCUT2D eigenvalue weighted by molar-refractivity contribution is 0.0162. The van der Waals surface area contributed by atoms with Gasteiger partial charge in [0.1, 0.15) is 5.60 Å². The summed E-state index contributed by atoms with van der Waals surface area (Å²) in [6.07, 6.45) is 3.32. The molecule has 3 nitrogen and oxygen atoms in total. The molecule has 1 rings (SSSR count). The number of nitrogens with zero attached hydrogens (tertiary/aromatic N) is 1. The van der Waals surface area contributed by atoms with Crippen molar-refractivity contribution in [1.82, 2.24) is 4.90 Å². The van der Waals surface area contributed by atoms with Crippen LogP contribution < -0.4 is 0 Å². The van der Waals surface area contributed by atoms with E-state index in [2.05, 4.69) is 13.8 Å². The molecule has 1 amide bonds. The molecule has 0 saturated carbocycles. The van der Waals surface area contributed by atoms with Gasteiger partial charge in [0.2, 0.25) is 0 Å². The van der Waals surface area contributed by atoms with Crippen molar-refractivity contribution in [2.75, 3.05) is 13.1 Å². The van der Waals surface area contributed by atoms with Crippen molar-refractivity contribution in [2.45, 2.75) is 73.3 Å². The van der Waals surface area contributed by atoms with Crippen LogP contribution in [0.1, 0.15) is 67.7 Å². The van der Waals surface area contributed by atoms with Crippen LogP contribution in [-0.4, -0.2) is 29.7 Å². The Balaban J connectivity index is 0.00000154. The van der Waals surface area contributed by atoms with Crippen molar-refractivity contribution in [3.63, 3.8) is 0 Å². The monoisotopic (exact) mass is 271 g/mol. The van der Waals surface area contributed by atoms with Gasteiger partial charge >= 0.3 is 6.09 Å². The molecular weight excluding hydrogens is 238 g/mol. The Labute approximate surface area is 119 Å². The third-order valence-electron chi connectivity index (χ3n) is 3.64. The van der Waals surface area contributed by atoms with E-state index >= 15 is 0 Å². The fourth-order valence-corrected chi connectivity index (χ4v) is 2.31. The van der Waals surface area contributed by atoms with E-state index < -0.39 is 0 Å². The molecule has 1 saturated heterocycles. The van der Waals surface area contributed by atoms with Gasteiger partial charge < -0.3 is 9.64 Å². The van der Waals surface area contributed by atoms with Crippen molar-refractivity contribution in [3.8, 4) is 0 Å². The zero-order valence-electron chi connectivity index (χ0n) is 14.0. The Bertz CT molecular complexity index is 250. The molecule has 0 aromatic carbocycles. The van der Waals surface area contributed by atoms with E-state index in [0.717, 1.165) is 37.8 Å². The molecule has 1 atom stereocenters. The van der Waals surface area contributed by atoms with Gasteiger partial charge in [-0.1, -0.05) is 34.1 Å². The zero-order valence-corrected chi connectivity index (χ0v) is 14.0. The maximum absolute atomic E-state index is 11.9. The Kier molecular flexibility index (Phi) is 8.12. The molecule has 1 fully saturated rings. The van der Waals surface area contributed by atoms with Crippen molar-refractivity contribution in [3.05, 3.63) is 0 Å². The van der Waals surface area contributed by atoms with Gasteiger partial charge in [-0.25, -0.2) is 4.79 Å². The number of hydrogen-bond donors (Lipinski definition) is 0. The summed E-state index contributed by atoms with van der Waals surface area (Å²) in [7, 11) is 0. The van der Waals surface area contributed by atoms with Gasteiger partial charge in [0.05, 0.1) is 0 Å². The second-order valence-corrected chi connectivity index (χ2v) is 6.19. The van der Waals surface area contributed by atoms with Crippen molar-refractivity contribution in [1.29, 1.82) is 0 Å². The van der Waals surface area contributed by atoms with Crippen molar-refractivity contribution < 1.29 is 9.53 Å². The molecule has 0 spiro atoms. The Morgan fingerprint density at radius 3 is 2.11 bits per heavy atom. The molecule has 1 aliphatic heterocycles. The molecule has 0 radical (unpaired) electrons. The molecule has 0 aliphatic carbocycles. The molecule has 1 aliphatic rings.